The van der Waals surface area contributed by atoms with Gasteiger partial charge >= 0.3 is 0 Å². The zero-order valence-corrected chi connectivity index (χ0v) is 9.22. The van der Waals surface area contributed by atoms with E-state index in [9.17, 15) is 18.5 Å². The molecule has 0 heterocycles. The summed E-state index contributed by atoms with van der Waals surface area (Å²) in [5.74, 6) is 0. The van der Waals surface area contributed by atoms with E-state index in [-0.39, 0.29) is 16.0 Å². The molecule has 0 spiro atoms. The first kappa shape index (κ1) is 11.5. The molecule has 7 heteroatoms. The molecule has 0 aliphatic carbocycles. The number of rotatable bonds is 2. The van der Waals surface area contributed by atoms with Crippen molar-refractivity contribution in [3.8, 4) is 0 Å². The van der Waals surface area contributed by atoms with Gasteiger partial charge in [0.1, 0.15) is 0 Å². The number of benzene rings is 2. The van der Waals surface area contributed by atoms with Crippen molar-refractivity contribution in [3.05, 3.63) is 46.5 Å². The van der Waals surface area contributed by atoms with Crippen molar-refractivity contribution in [2.45, 2.75) is 4.90 Å². The van der Waals surface area contributed by atoms with Crippen LogP contribution in [0.4, 0.5) is 5.69 Å². The third-order valence-electron chi connectivity index (χ3n) is 2.33. The van der Waals surface area contributed by atoms with Crippen LogP contribution in [0.3, 0.4) is 0 Å². The molecule has 0 aliphatic heterocycles. The van der Waals surface area contributed by atoms with Gasteiger partial charge in [-0.3, -0.25) is 14.7 Å². The first-order chi connectivity index (χ1) is 7.89. The number of nitro benzene ring substituents is 1. The minimum atomic E-state index is -4.36. The van der Waals surface area contributed by atoms with E-state index in [2.05, 4.69) is 0 Å². The fraction of sp³-hybridized carbons (Fsp3) is 0. The fourth-order valence-electron chi connectivity index (χ4n) is 1.55. The predicted octanol–water partition coefficient (Wildman–Crippen LogP) is 1.99. The highest BCUT2D eigenvalue weighted by atomic mass is 32.2. The van der Waals surface area contributed by atoms with Crippen molar-refractivity contribution in [2.24, 2.45) is 0 Å². The van der Waals surface area contributed by atoms with Crippen LogP contribution in [0.2, 0.25) is 0 Å². The second kappa shape index (κ2) is 3.79. The summed E-state index contributed by atoms with van der Waals surface area (Å²) in [6, 6.07) is 8.09. The smallest absolute Gasteiger partial charge is 0.282 e. The van der Waals surface area contributed by atoms with Crippen LogP contribution in [0, 0.1) is 10.1 Å². The Balaban J connectivity index is 2.84. The molecule has 17 heavy (non-hydrogen) atoms. The molecule has 0 amide bonds. The van der Waals surface area contributed by atoms with Gasteiger partial charge in [0.15, 0.2) is 0 Å². The zero-order valence-electron chi connectivity index (χ0n) is 8.40. The highest BCUT2D eigenvalue weighted by molar-refractivity contribution is 7.85. The Bertz CT molecular complexity index is 708. The summed E-state index contributed by atoms with van der Waals surface area (Å²) in [5, 5.41) is 11.5. The van der Waals surface area contributed by atoms with Crippen LogP contribution in [0.25, 0.3) is 10.8 Å². The normalized spacial score (nSPS) is 11.6. The lowest BCUT2D eigenvalue weighted by molar-refractivity contribution is -0.383. The number of nitro groups is 1. The molecule has 6 nitrogen and oxygen atoms in total. The maximum absolute atomic E-state index is 10.9. The lowest BCUT2D eigenvalue weighted by atomic mass is 10.1. The Labute approximate surface area is 96.4 Å². The number of nitrogens with zero attached hydrogens (tertiary/aromatic N) is 1. The van der Waals surface area contributed by atoms with Gasteiger partial charge in [-0.05, 0) is 17.5 Å². The monoisotopic (exact) mass is 253 g/mol. The Morgan fingerprint density at radius 3 is 2.47 bits per heavy atom. The van der Waals surface area contributed by atoms with Crippen molar-refractivity contribution in [1.29, 1.82) is 0 Å². The van der Waals surface area contributed by atoms with Crippen molar-refractivity contribution in [1.82, 2.24) is 0 Å². The molecule has 0 aromatic heterocycles. The van der Waals surface area contributed by atoms with E-state index >= 15 is 0 Å². The Morgan fingerprint density at radius 2 is 1.88 bits per heavy atom. The van der Waals surface area contributed by atoms with Gasteiger partial charge in [-0.25, -0.2) is 0 Å². The van der Waals surface area contributed by atoms with Gasteiger partial charge in [0.05, 0.1) is 15.2 Å². The summed E-state index contributed by atoms with van der Waals surface area (Å²) in [6.45, 7) is 0. The molecule has 2 aromatic rings. The van der Waals surface area contributed by atoms with Crippen LogP contribution in [0.1, 0.15) is 0 Å². The third kappa shape index (κ3) is 2.10. The van der Waals surface area contributed by atoms with Gasteiger partial charge in [-0.2, -0.15) is 8.42 Å². The second-order valence-corrected chi connectivity index (χ2v) is 4.81. The fourth-order valence-corrected chi connectivity index (χ4v) is 2.06. The molecule has 0 atom stereocenters. The number of hydrogen-bond acceptors (Lipinski definition) is 4. The van der Waals surface area contributed by atoms with Crippen LogP contribution < -0.4 is 0 Å². The summed E-state index contributed by atoms with van der Waals surface area (Å²) in [4.78, 5) is 9.81. The topological polar surface area (TPSA) is 97.5 Å². The summed E-state index contributed by atoms with van der Waals surface area (Å²) < 4.78 is 30.8. The highest BCUT2D eigenvalue weighted by Gasteiger charge is 2.15. The van der Waals surface area contributed by atoms with Gasteiger partial charge in [0, 0.05) is 6.07 Å². The SMILES string of the molecule is O=[N+]([O-])c1cccc2ccc(S(=O)(=O)O)cc12. The van der Waals surface area contributed by atoms with E-state index in [1.165, 1.54) is 24.3 Å². The van der Waals surface area contributed by atoms with Gasteiger partial charge in [-0.1, -0.05) is 18.2 Å². The highest BCUT2D eigenvalue weighted by Crippen LogP contribution is 2.27. The Morgan fingerprint density at radius 1 is 1.18 bits per heavy atom. The predicted molar refractivity (Wildman–Crippen MR) is 60.4 cm³/mol. The van der Waals surface area contributed by atoms with Gasteiger partial charge in [0.2, 0.25) is 0 Å². The van der Waals surface area contributed by atoms with E-state index in [1.807, 2.05) is 0 Å². The second-order valence-electron chi connectivity index (χ2n) is 3.39. The molecule has 2 aromatic carbocycles. The molecule has 88 valence electrons. The molecule has 1 N–H and O–H groups in total. The van der Waals surface area contributed by atoms with Gasteiger partial charge < -0.3 is 0 Å². The minimum Gasteiger partial charge on any atom is -0.282 e. The van der Waals surface area contributed by atoms with Crippen molar-refractivity contribution in [3.63, 3.8) is 0 Å². The molecule has 0 unspecified atom stereocenters. The van der Waals surface area contributed by atoms with Crippen LogP contribution >= 0.6 is 0 Å². The Kier molecular flexibility index (Phi) is 2.56. The average molecular weight is 253 g/mol. The summed E-state index contributed by atoms with van der Waals surface area (Å²) in [5.41, 5.74) is -0.201. The number of hydrogen-bond donors (Lipinski definition) is 1. The van der Waals surface area contributed by atoms with E-state index in [1.54, 1.807) is 6.07 Å². The molecule has 0 aliphatic rings. The lowest BCUT2D eigenvalue weighted by Crippen LogP contribution is -1.98. The lowest BCUT2D eigenvalue weighted by Gasteiger charge is -2.01. The van der Waals surface area contributed by atoms with Crippen LogP contribution in [0.5, 0.6) is 0 Å². The molecule has 0 radical (unpaired) electrons. The van der Waals surface area contributed by atoms with Crippen LogP contribution in [-0.2, 0) is 10.1 Å². The molecule has 0 bridgehead atoms. The maximum atomic E-state index is 10.9. The van der Waals surface area contributed by atoms with E-state index in [0.717, 1.165) is 6.07 Å². The number of non-ortho nitro benzene ring substituents is 1. The third-order valence-corrected chi connectivity index (χ3v) is 3.17. The van der Waals surface area contributed by atoms with Crippen LogP contribution in [-0.4, -0.2) is 17.9 Å². The minimum absolute atomic E-state index is 0.174. The summed E-state index contributed by atoms with van der Waals surface area (Å²) in [6.07, 6.45) is 0. The van der Waals surface area contributed by atoms with Gasteiger partial charge in [-0.15, -0.1) is 0 Å². The average Bonchev–Trinajstić information content (AvgIpc) is 2.26. The first-order valence-electron chi connectivity index (χ1n) is 4.54. The van der Waals surface area contributed by atoms with Crippen LogP contribution in [0.15, 0.2) is 41.3 Å². The van der Waals surface area contributed by atoms with Crippen molar-refractivity contribution >= 4 is 26.6 Å². The largest absolute Gasteiger partial charge is 0.294 e. The Hall–Kier alpha value is -1.99. The first-order valence-corrected chi connectivity index (χ1v) is 5.98. The molecular formula is C10H7NO5S. The standard InChI is InChI=1S/C10H7NO5S/c12-11(13)10-3-1-2-7-4-5-8(6-9(7)10)17(14,15)16/h1-6H,(H,14,15,16). The molecule has 0 fully saturated rings. The molecule has 0 saturated heterocycles. The van der Waals surface area contributed by atoms with Crippen molar-refractivity contribution < 1.29 is 17.9 Å². The van der Waals surface area contributed by atoms with Gasteiger partial charge in [0.25, 0.3) is 15.8 Å². The molecule has 2 rings (SSSR count). The van der Waals surface area contributed by atoms with E-state index < -0.39 is 15.0 Å². The molecular weight excluding hydrogens is 246 g/mol. The van der Waals surface area contributed by atoms with E-state index in [4.69, 9.17) is 4.55 Å². The summed E-state index contributed by atoms with van der Waals surface area (Å²) in [7, 11) is -4.36. The maximum Gasteiger partial charge on any atom is 0.294 e. The number of fused-ring (bicyclic) bond motifs is 1. The summed E-state index contributed by atoms with van der Waals surface area (Å²) >= 11 is 0. The zero-order chi connectivity index (χ0) is 12.6. The van der Waals surface area contributed by atoms with E-state index in [0.29, 0.717) is 5.39 Å². The molecule has 0 saturated carbocycles. The quantitative estimate of drug-likeness (QED) is 0.501. The van der Waals surface area contributed by atoms with Crippen molar-refractivity contribution in [2.75, 3.05) is 0 Å².